The molecular weight excluding hydrogens is 197 g/mol. The van der Waals surface area contributed by atoms with Crippen LogP contribution >= 0.6 is 0 Å². The Balaban J connectivity index is 3.14. The molecular formula is C9H7F3O2. The molecule has 0 aromatic heterocycles. The van der Waals surface area contributed by atoms with Crippen LogP contribution in [0, 0.1) is 17.5 Å². The lowest BCUT2D eigenvalue weighted by Crippen LogP contribution is -2.10. The summed E-state index contributed by atoms with van der Waals surface area (Å²) in [5.41, 5.74) is -0.867. The molecule has 0 fully saturated rings. The molecule has 0 unspecified atom stereocenters. The lowest BCUT2D eigenvalue weighted by atomic mass is 10.2. The molecule has 76 valence electrons. The smallest absolute Gasteiger partial charge is 0.344 e. The summed E-state index contributed by atoms with van der Waals surface area (Å²) in [6.07, 6.45) is 0. The molecule has 0 spiro atoms. The number of ether oxygens (including phenoxy) is 1. The minimum atomic E-state index is -1.26. The highest BCUT2D eigenvalue weighted by atomic mass is 19.1. The zero-order valence-corrected chi connectivity index (χ0v) is 7.31. The number of carbonyl (C=O) groups is 1. The Hall–Kier alpha value is -1.52. The van der Waals surface area contributed by atoms with Crippen molar-refractivity contribution in [3.63, 3.8) is 0 Å². The van der Waals surface area contributed by atoms with Crippen LogP contribution in [0.25, 0.3) is 0 Å². The molecule has 0 atom stereocenters. The number of halogens is 3. The quantitative estimate of drug-likeness (QED) is 0.691. The topological polar surface area (TPSA) is 26.3 Å². The maximum absolute atomic E-state index is 12.9. The van der Waals surface area contributed by atoms with Crippen molar-refractivity contribution in [3.8, 4) is 0 Å². The molecule has 1 aromatic rings. The molecule has 2 nitrogen and oxygen atoms in total. The van der Waals surface area contributed by atoms with Crippen molar-refractivity contribution in [2.24, 2.45) is 0 Å². The molecule has 0 heterocycles. The summed E-state index contributed by atoms with van der Waals surface area (Å²) in [6.45, 7) is 1.49. The van der Waals surface area contributed by atoms with E-state index in [4.69, 9.17) is 0 Å². The standard InChI is InChI=1S/C9H7F3O2/c1-2-14-9(13)8-6(11)3-5(10)4-7(8)12/h3-4H,2H2,1H3. The number of carbonyl (C=O) groups excluding carboxylic acids is 1. The molecule has 0 saturated carbocycles. The molecule has 14 heavy (non-hydrogen) atoms. The van der Waals surface area contributed by atoms with Crippen molar-refractivity contribution in [2.45, 2.75) is 6.92 Å². The van der Waals surface area contributed by atoms with Gasteiger partial charge in [0.2, 0.25) is 0 Å². The maximum Gasteiger partial charge on any atom is 0.344 e. The van der Waals surface area contributed by atoms with Gasteiger partial charge in [-0.2, -0.15) is 0 Å². The Labute approximate surface area is 78.3 Å². The number of hydrogen-bond acceptors (Lipinski definition) is 2. The van der Waals surface area contributed by atoms with Gasteiger partial charge in [-0.3, -0.25) is 0 Å². The van der Waals surface area contributed by atoms with E-state index in [0.717, 1.165) is 0 Å². The second-order valence-electron chi connectivity index (χ2n) is 2.46. The summed E-state index contributed by atoms with van der Waals surface area (Å²) in [5, 5.41) is 0. The van der Waals surface area contributed by atoms with E-state index < -0.39 is 29.0 Å². The summed E-state index contributed by atoms with van der Waals surface area (Å²) in [6, 6.07) is 0.852. The number of esters is 1. The van der Waals surface area contributed by atoms with Crippen LogP contribution in [0.4, 0.5) is 13.2 Å². The molecule has 1 aromatic carbocycles. The lowest BCUT2D eigenvalue weighted by molar-refractivity contribution is 0.0515. The van der Waals surface area contributed by atoms with Gasteiger partial charge in [0.05, 0.1) is 6.61 Å². The second kappa shape index (κ2) is 4.13. The van der Waals surface area contributed by atoms with Crippen LogP contribution in [0.3, 0.4) is 0 Å². The molecule has 0 radical (unpaired) electrons. The van der Waals surface area contributed by atoms with E-state index in [1.165, 1.54) is 6.92 Å². The number of rotatable bonds is 2. The molecule has 0 N–H and O–H groups in total. The van der Waals surface area contributed by atoms with Gasteiger partial charge in [-0.1, -0.05) is 0 Å². The van der Waals surface area contributed by atoms with Crippen molar-refractivity contribution in [1.82, 2.24) is 0 Å². The predicted molar refractivity (Wildman–Crippen MR) is 42.3 cm³/mol. The van der Waals surface area contributed by atoms with Gasteiger partial charge in [0, 0.05) is 12.1 Å². The molecule has 0 aliphatic rings. The molecule has 0 aliphatic heterocycles. The van der Waals surface area contributed by atoms with E-state index in [9.17, 15) is 18.0 Å². The Kier molecular flexibility index (Phi) is 3.11. The van der Waals surface area contributed by atoms with Crippen molar-refractivity contribution in [1.29, 1.82) is 0 Å². The molecule has 0 aliphatic carbocycles. The van der Waals surface area contributed by atoms with Crippen molar-refractivity contribution in [2.75, 3.05) is 6.61 Å². The fourth-order valence-electron chi connectivity index (χ4n) is 0.940. The van der Waals surface area contributed by atoms with Crippen LogP contribution in [0.15, 0.2) is 12.1 Å². The molecule has 1 rings (SSSR count). The zero-order chi connectivity index (χ0) is 10.7. The number of benzene rings is 1. The Morgan fingerprint density at radius 2 is 1.79 bits per heavy atom. The van der Waals surface area contributed by atoms with Crippen molar-refractivity contribution in [3.05, 3.63) is 35.1 Å². The van der Waals surface area contributed by atoms with Crippen molar-refractivity contribution < 1.29 is 22.7 Å². The lowest BCUT2D eigenvalue weighted by Gasteiger charge is -2.04. The van der Waals surface area contributed by atoms with Gasteiger partial charge < -0.3 is 4.74 Å². The minimum absolute atomic E-state index is 0.00487. The van der Waals surface area contributed by atoms with E-state index in [2.05, 4.69) is 4.74 Å². The largest absolute Gasteiger partial charge is 0.462 e. The first-order chi connectivity index (χ1) is 6.56. The monoisotopic (exact) mass is 204 g/mol. The fourth-order valence-corrected chi connectivity index (χ4v) is 0.940. The molecule has 0 saturated heterocycles. The van der Waals surface area contributed by atoms with E-state index in [1.807, 2.05) is 0 Å². The van der Waals surface area contributed by atoms with Gasteiger partial charge >= 0.3 is 5.97 Å². The van der Waals surface area contributed by atoms with Gasteiger partial charge in [0.15, 0.2) is 0 Å². The fraction of sp³-hybridized carbons (Fsp3) is 0.222. The first kappa shape index (κ1) is 10.6. The van der Waals surface area contributed by atoms with Gasteiger partial charge in [0.25, 0.3) is 0 Å². The van der Waals surface area contributed by atoms with Crippen LogP contribution in [0.2, 0.25) is 0 Å². The highest BCUT2D eigenvalue weighted by Gasteiger charge is 2.19. The van der Waals surface area contributed by atoms with Crippen LogP contribution in [-0.2, 0) is 4.74 Å². The Morgan fingerprint density at radius 1 is 1.29 bits per heavy atom. The van der Waals surface area contributed by atoms with E-state index in [-0.39, 0.29) is 6.61 Å². The van der Waals surface area contributed by atoms with E-state index in [1.54, 1.807) is 0 Å². The maximum atomic E-state index is 12.9. The van der Waals surface area contributed by atoms with Gasteiger partial charge in [-0.05, 0) is 6.92 Å². The Morgan fingerprint density at radius 3 is 2.21 bits per heavy atom. The molecule has 0 amide bonds. The number of hydrogen-bond donors (Lipinski definition) is 0. The summed E-state index contributed by atoms with van der Waals surface area (Å²) >= 11 is 0. The highest BCUT2D eigenvalue weighted by Crippen LogP contribution is 2.15. The van der Waals surface area contributed by atoms with E-state index in [0.29, 0.717) is 12.1 Å². The van der Waals surface area contributed by atoms with Gasteiger partial charge in [0.1, 0.15) is 23.0 Å². The first-order valence-corrected chi connectivity index (χ1v) is 3.88. The van der Waals surface area contributed by atoms with E-state index >= 15 is 0 Å². The second-order valence-corrected chi connectivity index (χ2v) is 2.46. The average molecular weight is 204 g/mol. The summed E-state index contributed by atoms with van der Waals surface area (Å²) in [4.78, 5) is 11.0. The minimum Gasteiger partial charge on any atom is -0.462 e. The third kappa shape index (κ3) is 2.04. The third-order valence-electron chi connectivity index (χ3n) is 1.49. The third-order valence-corrected chi connectivity index (χ3v) is 1.49. The van der Waals surface area contributed by atoms with Crippen molar-refractivity contribution >= 4 is 5.97 Å². The summed E-state index contributed by atoms with van der Waals surface area (Å²) in [7, 11) is 0. The van der Waals surface area contributed by atoms with Crippen LogP contribution in [0.1, 0.15) is 17.3 Å². The zero-order valence-electron chi connectivity index (χ0n) is 7.31. The normalized spacial score (nSPS) is 10.0. The van der Waals surface area contributed by atoms with Gasteiger partial charge in [-0.15, -0.1) is 0 Å². The predicted octanol–water partition coefficient (Wildman–Crippen LogP) is 2.28. The molecule has 5 heteroatoms. The van der Waals surface area contributed by atoms with Crippen LogP contribution < -0.4 is 0 Å². The van der Waals surface area contributed by atoms with Crippen LogP contribution in [-0.4, -0.2) is 12.6 Å². The summed E-state index contributed by atoms with van der Waals surface area (Å²) in [5.74, 6) is -4.74. The first-order valence-electron chi connectivity index (χ1n) is 3.88. The van der Waals surface area contributed by atoms with Crippen LogP contribution in [0.5, 0.6) is 0 Å². The van der Waals surface area contributed by atoms with Gasteiger partial charge in [-0.25, -0.2) is 18.0 Å². The average Bonchev–Trinajstić information content (AvgIpc) is 2.01. The molecule has 0 bridgehead atoms. The SMILES string of the molecule is CCOC(=O)c1c(F)cc(F)cc1F. The highest BCUT2D eigenvalue weighted by molar-refractivity contribution is 5.89. The Bertz CT molecular complexity index is 340. The summed E-state index contributed by atoms with van der Waals surface area (Å²) < 4.78 is 42.6.